The molecular weight excluding hydrogens is 436 g/mol. The Labute approximate surface area is 187 Å². The van der Waals surface area contributed by atoms with Gasteiger partial charge in [0.15, 0.2) is 0 Å². The number of anilines is 1. The van der Waals surface area contributed by atoms with E-state index < -0.39 is 5.91 Å². The molecule has 0 aliphatic carbocycles. The van der Waals surface area contributed by atoms with Gasteiger partial charge in [-0.25, -0.2) is 4.68 Å². The van der Waals surface area contributed by atoms with Crippen LogP contribution in [0.25, 0.3) is 15.9 Å². The van der Waals surface area contributed by atoms with E-state index in [1.54, 1.807) is 36.4 Å². The number of carbonyl (C=O) groups is 2. The maximum atomic E-state index is 12.9. The Morgan fingerprint density at radius 1 is 1.19 bits per heavy atom. The third-order valence-corrected chi connectivity index (χ3v) is 5.94. The number of hydrogen-bond donors (Lipinski definition) is 2. The van der Waals surface area contributed by atoms with Gasteiger partial charge < -0.3 is 15.8 Å². The highest BCUT2D eigenvalue weighted by Gasteiger charge is 2.18. The minimum atomic E-state index is -0.447. The number of nitrogens with zero attached hydrogens (tertiary/aromatic N) is 2. The van der Waals surface area contributed by atoms with Crippen LogP contribution in [-0.2, 0) is 4.79 Å². The predicted molar refractivity (Wildman–Crippen MR) is 122 cm³/mol. The molecule has 2 aromatic carbocycles. The molecule has 4 rings (SSSR count). The highest BCUT2D eigenvalue weighted by atomic mass is 35.5. The minimum Gasteiger partial charge on any atom is -0.491 e. The van der Waals surface area contributed by atoms with E-state index >= 15 is 0 Å². The summed E-state index contributed by atoms with van der Waals surface area (Å²) in [6, 6.07) is 16.3. The van der Waals surface area contributed by atoms with E-state index in [1.165, 1.54) is 11.3 Å². The maximum Gasteiger partial charge on any atom is 0.265 e. The first-order chi connectivity index (χ1) is 14.9. The number of halogens is 1. The minimum absolute atomic E-state index is 0.0963. The molecule has 2 heterocycles. The number of aromatic nitrogens is 2. The van der Waals surface area contributed by atoms with Crippen molar-refractivity contribution in [1.82, 2.24) is 9.78 Å². The fourth-order valence-corrected chi connectivity index (χ4v) is 4.26. The van der Waals surface area contributed by atoms with E-state index in [9.17, 15) is 9.59 Å². The Hall–Kier alpha value is -3.36. The number of thiophene rings is 1. The predicted octanol–water partition coefficient (Wildman–Crippen LogP) is 4.56. The van der Waals surface area contributed by atoms with Crippen LogP contribution in [0.1, 0.15) is 21.8 Å². The average molecular weight is 455 g/mol. The maximum absolute atomic E-state index is 12.9. The van der Waals surface area contributed by atoms with E-state index in [2.05, 4.69) is 10.4 Å². The molecule has 2 amide bonds. The van der Waals surface area contributed by atoms with Gasteiger partial charge in [-0.1, -0.05) is 23.7 Å². The van der Waals surface area contributed by atoms with E-state index in [4.69, 9.17) is 22.1 Å². The number of para-hydroxylation sites is 2. The summed E-state index contributed by atoms with van der Waals surface area (Å²) >= 11 is 7.34. The zero-order valence-corrected chi connectivity index (χ0v) is 18.2. The van der Waals surface area contributed by atoms with Gasteiger partial charge in [0, 0.05) is 10.4 Å². The normalized spacial score (nSPS) is 10.9. The molecule has 0 aliphatic heterocycles. The Kier molecular flexibility index (Phi) is 5.92. The third kappa shape index (κ3) is 4.55. The zero-order valence-electron chi connectivity index (χ0n) is 16.6. The molecule has 0 radical (unpaired) electrons. The molecule has 4 aromatic rings. The summed E-state index contributed by atoms with van der Waals surface area (Å²) in [5, 5.41) is 9.03. The molecule has 7 nitrogen and oxygen atoms in total. The quantitative estimate of drug-likeness (QED) is 0.427. The smallest absolute Gasteiger partial charge is 0.265 e. The van der Waals surface area contributed by atoms with E-state index in [0.29, 0.717) is 21.3 Å². The second-order valence-electron chi connectivity index (χ2n) is 6.82. The van der Waals surface area contributed by atoms with Gasteiger partial charge in [0.1, 0.15) is 10.6 Å². The molecule has 0 atom stereocenters. The Morgan fingerprint density at radius 3 is 2.68 bits per heavy atom. The van der Waals surface area contributed by atoms with Gasteiger partial charge in [0.05, 0.1) is 35.0 Å². The molecule has 0 fully saturated rings. The van der Waals surface area contributed by atoms with Gasteiger partial charge in [-0.3, -0.25) is 9.59 Å². The molecule has 2 aromatic heterocycles. The van der Waals surface area contributed by atoms with E-state index in [0.717, 1.165) is 21.6 Å². The van der Waals surface area contributed by atoms with Crippen molar-refractivity contribution in [2.45, 2.75) is 13.3 Å². The van der Waals surface area contributed by atoms with Crippen LogP contribution in [0, 0.1) is 6.92 Å². The van der Waals surface area contributed by atoms with Gasteiger partial charge in [-0.05, 0) is 49.4 Å². The molecule has 31 heavy (non-hydrogen) atoms. The van der Waals surface area contributed by atoms with Crippen molar-refractivity contribution >= 4 is 50.7 Å². The number of ether oxygens (including phenoxy) is 1. The lowest BCUT2D eigenvalue weighted by Gasteiger charge is -2.11. The summed E-state index contributed by atoms with van der Waals surface area (Å²) in [6.07, 6.45) is 0.0963. The van der Waals surface area contributed by atoms with Crippen molar-refractivity contribution < 1.29 is 14.3 Å². The second-order valence-corrected chi connectivity index (χ2v) is 8.29. The second kappa shape index (κ2) is 8.79. The lowest BCUT2D eigenvalue weighted by atomic mass is 10.2. The average Bonchev–Trinajstić information content (AvgIpc) is 3.31. The van der Waals surface area contributed by atoms with Crippen molar-refractivity contribution in [3.63, 3.8) is 0 Å². The van der Waals surface area contributed by atoms with Crippen molar-refractivity contribution in [2.24, 2.45) is 5.73 Å². The fraction of sp³-hybridized carbons (Fsp3) is 0.136. The molecule has 0 unspecified atom stereocenters. The van der Waals surface area contributed by atoms with Crippen LogP contribution in [-0.4, -0.2) is 28.2 Å². The highest BCUT2D eigenvalue weighted by molar-refractivity contribution is 7.20. The van der Waals surface area contributed by atoms with Crippen LogP contribution in [0.4, 0.5) is 5.69 Å². The first kappa shape index (κ1) is 20.9. The summed E-state index contributed by atoms with van der Waals surface area (Å²) in [5.74, 6) is -0.229. The van der Waals surface area contributed by atoms with Crippen LogP contribution in [0.5, 0.6) is 5.75 Å². The summed E-state index contributed by atoms with van der Waals surface area (Å²) in [4.78, 5) is 25.3. The van der Waals surface area contributed by atoms with Crippen molar-refractivity contribution in [3.8, 4) is 11.4 Å². The van der Waals surface area contributed by atoms with Gasteiger partial charge in [0.25, 0.3) is 5.91 Å². The van der Waals surface area contributed by atoms with Crippen molar-refractivity contribution in [2.75, 3.05) is 11.9 Å². The number of amides is 2. The molecule has 9 heteroatoms. The van der Waals surface area contributed by atoms with Gasteiger partial charge in [-0.15, -0.1) is 11.3 Å². The van der Waals surface area contributed by atoms with Gasteiger partial charge >= 0.3 is 0 Å². The summed E-state index contributed by atoms with van der Waals surface area (Å²) < 4.78 is 7.41. The van der Waals surface area contributed by atoms with Crippen LogP contribution < -0.4 is 15.8 Å². The number of fused-ring (bicyclic) bond motifs is 1. The number of benzene rings is 2. The summed E-state index contributed by atoms with van der Waals surface area (Å²) in [5.41, 5.74) is 7.36. The number of nitrogens with two attached hydrogens (primary N) is 1. The number of carbonyl (C=O) groups excluding carboxylic acids is 2. The largest absolute Gasteiger partial charge is 0.491 e. The molecule has 0 bridgehead atoms. The van der Waals surface area contributed by atoms with Crippen molar-refractivity contribution in [3.05, 3.63) is 70.2 Å². The topological polar surface area (TPSA) is 99.2 Å². The first-order valence-corrected chi connectivity index (χ1v) is 10.7. The zero-order chi connectivity index (χ0) is 22.0. The van der Waals surface area contributed by atoms with E-state index in [-0.39, 0.29) is 18.9 Å². The molecular formula is C22H19ClN4O3S. The molecule has 158 valence electrons. The standard InChI is InChI=1S/C22H19ClN4O3S/c1-13-16-12-19(31-22(16)27(26-13)15-8-6-14(23)7-9-15)21(29)25-17-4-2-3-5-18(17)30-11-10-20(24)28/h2-9,12H,10-11H2,1H3,(H2,24,28)(H,25,29). The number of hydrogen-bond acceptors (Lipinski definition) is 5. The number of rotatable bonds is 7. The Bertz CT molecular complexity index is 1260. The highest BCUT2D eigenvalue weighted by Crippen LogP contribution is 2.32. The third-order valence-electron chi connectivity index (χ3n) is 4.58. The Balaban J connectivity index is 1.59. The molecule has 0 saturated carbocycles. The molecule has 0 aliphatic rings. The SMILES string of the molecule is Cc1nn(-c2ccc(Cl)cc2)c2sc(C(=O)Nc3ccccc3OCCC(N)=O)cc12. The summed E-state index contributed by atoms with van der Waals surface area (Å²) in [7, 11) is 0. The Morgan fingerprint density at radius 2 is 1.94 bits per heavy atom. The van der Waals surface area contributed by atoms with Crippen LogP contribution in [0.15, 0.2) is 54.6 Å². The van der Waals surface area contributed by atoms with Crippen molar-refractivity contribution in [1.29, 1.82) is 0 Å². The molecule has 0 saturated heterocycles. The summed E-state index contributed by atoms with van der Waals surface area (Å²) in [6.45, 7) is 2.05. The van der Waals surface area contributed by atoms with Crippen LogP contribution >= 0.6 is 22.9 Å². The molecule has 0 spiro atoms. The van der Waals surface area contributed by atoms with Crippen LogP contribution in [0.2, 0.25) is 5.02 Å². The van der Waals surface area contributed by atoms with Gasteiger partial charge in [0.2, 0.25) is 5.91 Å². The fourth-order valence-electron chi connectivity index (χ4n) is 3.06. The number of nitrogens with one attached hydrogen (secondary N) is 1. The number of aryl methyl sites for hydroxylation is 1. The van der Waals surface area contributed by atoms with Crippen LogP contribution in [0.3, 0.4) is 0 Å². The lowest BCUT2D eigenvalue weighted by Crippen LogP contribution is -2.16. The van der Waals surface area contributed by atoms with E-state index in [1.807, 2.05) is 29.8 Å². The lowest BCUT2D eigenvalue weighted by molar-refractivity contribution is -0.118. The number of primary amides is 1. The monoisotopic (exact) mass is 454 g/mol. The van der Waals surface area contributed by atoms with Gasteiger partial charge in [-0.2, -0.15) is 5.10 Å². The molecule has 3 N–H and O–H groups in total. The first-order valence-electron chi connectivity index (χ1n) is 9.49.